The lowest BCUT2D eigenvalue weighted by Gasteiger charge is -2.40. The van der Waals surface area contributed by atoms with Crippen LogP contribution in [0.25, 0.3) is 0 Å². The minimum atomic E-state index is -1.17. The standard InChI is InChI=1S/C34H57N3O7/c1-12-16-25(14-3)19-26(34(41)42)35-32(39)24(8)31(44-11)27-17-15-18-37(27)29(38)20-28(43-10)30(22(6)13-2)36(9)33(40)23(7)21(4)5/h12,14,16,21-24,26-28,30-31H,1,3,13,15,17-20H2,2,4-11H3,(H,35,39)(H,41,42)/b25-16+/t22?,23-,24?,26?,27?,28?,30?,31?/m0/s1. The number of amides is 3. The van der Waals surface area contributed by atoms with E-state index in [1.165, 1.54) is 19.3 Å². The van der Waals surface area contributed by atoms with Gasteiger partial charge in [0.1, 0.15) is 6.04 Å². The molecule has 0 aliphatic carbocycles. The number of carboxylic acid groups (broad SMARTS) is 1. The van der Waals surface area contributed by atoms with Gasteiger partial charge in [0.15, 0.2) is 0 Å². The second kappa shape index (κ2) is 18.7. The lowest BCUT2D eigenvalue weighted by molar-refractivity contribution is -0.148. The van der Waals surface area contributed by atoms with Crippen molar-refractivity contribution in [3.05, 3.63) is 37.0 Å². The van der Waals surface area contributed by atoms with Crippen molar-refractivity contribution in [1.29, 1.82) is 0 Å². The van der Waals surface area contributed by atoms with Crippen LogP contribution in [0, 0.1) is 23.7 Å². The first-order valence-electron chi connectivity index (χ1n) is 15.8. The highest BCUT2D eigenvalue weighted by molar-refractivity contribution is 5.85. The molecule has 1 aliphatic heterocycles. The molecule has 3 amide bonds. The maximum Gasteiger partial charge on any atom is 0.326 e. The highest BCUT2D eigenvalue weighted by Crippen LogP contribution is 2.30. The Hall–Kier alpha value is -2.98. The van der Waals surface area contributed by atoms with E-state index < -0.39 is 36.0 Å². The number of carbonyl (C=O) groups excluding carboxylic acids is 3. The molecule has 10 heteroatoms. The number of likely N-dealkylation sites (tertiary alicyclic amines) is 1. The monoisotopic (exact) mass is 619 g/mol. The number of carbonyl (C=O) groups is 4. The molecule has 1 aliphatic rings. The highest BCUT2D eigenvalue weighted by atomic mass is 16.5. The third kappa shape index (κ3) is 10.3. The van der Waals surface area contributed by atoms with E-state index in [0.29, 0.717) is 18.5 Å². The molecule has 0 aromatic carbocycles. The molecule has 0 saturated carbocycles. The maximum absolute atomic E-state index is 13.9. The molecule has 250 valence electrons. The number of methoxy groups -OCH3 is 2. The van der Waals surface area contributed by atoms with E-state index in [9.17, 15) is 24.3 Å². The van der Waals surface area contributed by atoms with E-state index >= 15 is 0 Å². The van der Waals surface area contributed by atoms with Crippen LogP contribution in [-0.4, -0.2) is 96.7 Å². The molecule has 7 unspecified atom stereocenters. The topological polar surface area (TPSA) is 125 Å². The number of nitrogens with zero attached hydrogens (tertiary/aromatic N) is 2. The first kappa shape index (κ1) is 39.0. The zero-order valence-corrected chi connectivity index (χ0v) is 28.4. The van der Waals surface area contributed by atoms with E-state index in [1.54, 1.807) is 37.0 Å². The van der Waals surface area contributed by atoms with Gasteiger partial charge in [0, 0.05) is 40.2 Å². The number of rotatable bonds is 19. The zero-order chi connectivity index (χ0) is 33.7. The van der Waals surface area contributed by atoms with Crippen molar-refractivity contribution in [2.75, 3.05) is 27.8 Å². The summed E-state index contributed by atoms with van der Waals surface area (Å²) in [7, 11) is 4.87. The summed E-state index contributed by atoms with van der Waals surface area (Å²) in [4.78, 5) is 55.9. The van der Waals surface area contributed by atoms with Gasteiger partial charge >= 0.3 is 5.97 Å². The molecule has 44 heavy (non-hydrogen) atoms. The fourth-order valence-electron chi connectivity index (χ4n) is 6.02. The molecule has 10 nitrogen and oxygen atoms in total. The lowest BCUT2D eigenvalue weighted by Crippen LogP contribution is -2.54. The summed E-state index contributed by atoms with van der Waals surface area (Å²) in [5.41, 5.74) is 0.630. The second-order valence-electron chi connectivity index (χ2n) is 12.4. The summed E-state index contributed by atoms with van der Waals surface area (Å²) in [5, 5.41) is 12.4. The first-order chi connectivity index (χ1) is 20.7. The Bertz CT molecular complexity index is 1030. The Morgan fingerprint density at radius 2 is 1.68 bits per heavy atom. The van der Waals surface area contributed by atoms with Crippen molar-refractivity contribution in [3.63, 3.8) is 0 Å². The summed E-state index contributed by atoms with van der Waals surface area (Å²) in [6.45, 7) is 19.6. The van der Waals surface area contributed by atoms with Crippen LogP contribution in [0.1, 0.15) is 73.6 Å². The number of likely N-dealkylation sites (N-methyl/N-ethyl adjacent to an activating group) is 1. The summed E-state index contributed by atoms with van der Waals surface area (Å²) >= 11 is 0. The summed E-state index contributed by atoms with van der Waals surface area (Å²) in [6, 6.07) is -1.83. The van der Waals surface area contributed by atoms with Gasteiger partial charge in [0.05, 0.1) is 36.6 Å². The average Bonchev–Trinajstić information content (AvgIpc) is 3.48. The molecule has 0 spiro atoms. The molecule has 8 atom stereocenters. The van der Waals surface area contributed by atoms with Crippen LogP contribution in [0.2, 0.25) is 0 Å². The number of hydrogen-bond donors (Lipinski definition) is 2. The van der Waals surface area contributed by atoms with E-state index in [2.05, 4.69) is 32.3 Å². The number of ether oxygens (including phenoxy) is 2. The zero-order valence-electron chi connectivity index (χ0n) is 28.4. The number of carboxylic acids is 1. The van der Waals surface area contributed by atoms with Gasteiger partial charge < -0.3 is 29.7 Å². The molecule has 1 fully saturated rings. The summed E-state index contributed by atoms with van der Waals surface area (Å²) in [5.74, 6) is -2.37. The molecule has 1 saturated heterocycles. The molecule has 1 heterocycles. The predicted molar refractivity (Wildman–Crippen MR) is 173 cm³/mol. The van der Waals surface area contributed by atoms with Crippen molar-refractivity contribution >= 4 is 23.7 Å². The van der Waals surface area contributed by atoms with Gasteiger partial charge in [-0.2, -0.15) is 0 Å². The van der Waals surface area contributed by atoms with Gasteiger partial charge in [-0.05, 0) is 30.3 Å². The Morgan fingerprint density at radius 1 is 1.05 bits per heavy atom. The maximum atomic E-state index is 13.9. The Morgan fingerprint density at radius 3 is 2.16 bits per heavy atom. The van der Waals surface area contributed by atoms with Crippen LogP contribution in [0.4, 0.5) is 0 Å². The normalized spacial score (nSPS) is 20.2. The molecule has 0 radical (unpaired) electrons. The SMILES string of the molecule is C=C/C=C(\C=C)CC(NC(=O)C(C)C(OC)C1CCCN1C(=O)CC(OC)C(C(C)CC)N(C)C(=O)[C@@H](C)C(C)C)C(=O)O. The second-order valence-corrected chi connectivity index (χ2v) is 12.4. The van der Waals surface area contributed by atoms with Crippen LogP contribution in [0.3, 0.4) is 0 Å². The molecule has 2 N–H and O–H groups in total. The van der Waals surface area contributed by atoms with Crippen molar-refractivity contribution in [2.24, 2.45) is 23.7 Å². The number of allylic oxidation sites excluding steroid dienone is 3. The van der Waals surface area contributed by atoms with Crippen LogP contribution in [0.5, 0.6) is 0 Å². The average molecular weight is 620 g/mol. The minimum Gasteiger partial charge on any atom is -0.480 e. The highest BCUT2D eigenvalue weighted by Gasteiger charge is 2.42. The predicted octanol–water partition coefficient (Wildman–Crippen LogP) is 4.46. The quantitative estimate of drug-likeness (QED) is 0.205. The van der Waals surface area contributed by atoms with Crippen LogP contribution >= 0.6 is 0 Å². The Balaban J connectivity index is 3.17. The smallest absolute Gasteiger partial charge is 0.326 e. The first-order valence-corrected chi connectivity index (χ1v) is 15.8. The minimum absolute atomic E-state index is 0.0259. The fraction of sp³-hybridized carbons (Fsp3) is 0.706. The lowest BCUT2D eigenvalue weighted by atomic mass is 9.88. The van der Waals surface area contributed by atoms with Crippen molar-refractivity contribution < 1.29 is 33.8 Å². The van der Waals surface area contributed by atoms with Gasteiger partial charge in [0.2, 0.25) is 17.7 Å². The van der Waals surface area contributed by atoms with Crippen molar-refractivity contribution in [2.45, 2.75) is 104 Å². The number of nitrogens with one attached hydrogen (secondary N) is 1. The van der Waals surface area contributed by atoms with Crippen molar-refractivity contribution in [3.8, 4) is 0 Å². The Kier molecular flexibility index (Phi) is 16.6. The van der Waals surface area contributed by atoms with Gasteiger partial charge in [-0.3, -0.25) is 14.4 Å². The van der Waals surface area contributed by atoms with Crippen LogP contribution in [0.15, 0.2) is 37.0 Å². The molecular formula is C34H57N3O7. The van der Waals surface area contributed by atoms with Gasteiger partial charge in [0.25, 0.3) is 0 Å². The van der Waals surface area contributed by atoms with Gasteiger partial charge in [-0.15, -0.1) is 0 Å². The van der Waals surface area contributed by atoms with E-state index in [-0.39, 0.29) is 54.5 Å². The molecule has 0 bridgehead atoms. The third-order valence-electron chi connectivity index (χ3n) is 9.30. The van der Waals surface area contributed by atoms with Crippen LogP contribution in [-0.2, 0) is 28.7 Å². The molecular weight excluding hydrogens is 562 g/mol. The molecule has 0 aromatic rings. The largest absolute Gasteiger partial charge is 0.480 e. The van der Waals surface area contributed by atoms with Gasteiger partial charge in [-0.25, -0.2) is 4.79 Å². The molecule has 1 rings (SSSR count). The van der Waals surface area contributed by atoms with E-state index in [0.717, 1.165) is 12.8 Å². The number of aliphatic carboxylic acids is 1. The van der Waals surface area contributed by atoms with Crippen molar-refractivity contribution in [1.82, 2.24) is 15.1 Å². The number of hydrogen-bond acceptors (Lipinski definition) is 6. The summed E-state index contributed by atoms with van der Waals surface area (Å²) in [6.07, 6.45) is 5.87. The Labute approximate surface area is 264 Å². The third-order valence-corrected chi connectivity index (χ3v) is 9.30. The van der Waals surface area contributed by atoms with E-state index in [4.69, 9.17) is 9.47 Å². The van der Waals surface area contributed by atoms with Gasteiger partial charge in [-0.1, -0.05) is 79.3 Å². The summed E-state index contributed by atoms with van der Waals surface area (Å²) < 4.78 is 11.7. The molecule has 0 aromatic heterocycles. The van der Waals surface area contributed by atoms with Crippen LogP contribution < -0.4 is 5.32 Å². The van der Waals surface area contributed by atoms with E-state index in [1.807, 2.05) is 20.8 Å². The fourth-order valence-corrected chi connectivity index (χ4v) is 6.02.